The van der Waals surface area contributed by atoms with Crippen molar-refractivity contribution in [2.45, 2.75) is 4.90 Å². The Morgan fingerprint density at radius 3 is 2.15 bits per heavy atom. The molecule has 0 atom stereocenters. The lowest BCUT2D eigenvalue weighted by molar-refractivity contribution is 0.0954. The van der Waals surface area contributed by atoms with Crippen molar-refractivity contribution in [3.8, 4) is 5.69 Å². The van der Waals surface area contributed by atoms with E-state index >= 15 is 0 Å². The van der Waals surface area contributed by atoms with Gasteiger partial charge in [0, 0.05) is 36.7 Å². The Morgan fingerprint density at radius 2 is 1.50 bits per heavy atom. The third-order valence-electron chi connectivity index (χ3n) is 3.79. The summed E-state index contributed by atoms with van der Waals surface area (Å²) in [6, 6.07) is 19.1. The molecule has 0 aliphatic rings. The van der Waals surface area contributed by atoms with E-state index in [9.17, 15) is 13.2 Å². The molecule has 1 heterocycles. The molecule has 7 heteroatoms. The van der Waals surface area contributed by atoms with E-state index in [2.05, 4.69) is 10.0 Å². The van der Waals surface area contributed by atoms with Crippen molar-refractivity contribution < 1.29 is 13.2 Å². The fourth-order valence-corrected chi connectivity index (χ4v) is 3.49. The molecule has 6 nitrogen and oxygen atoms in total. The summed E-state index contributed by atoms with van der Waals surface area (Å²) in [5, 5.41) is 2.70. The van der Waals surface area contributed by atoms with Crippen molar-refractivity contribution in [3.05, 3.63) is 84.7 Å². The van der Waals surface area contributed by atoms with Crippen molar-refractivity contribution in [2.75, 3.05) is 13.1 Å². The summed E-state index contributed by atoms with van der Waals surface area (Å²) in [6.45, 7) is 0.314. The predicted octanol–water partition coefficient (Wildman–Crippen LogP) is 2.19. The van der Waals surface area contributed by atoms with Crippen LogP contribution in [0.3, 0.4) is 0 Å². The van der Waals surface area contributed by atoms with Gasteiger partial charge >= 0.3 is 0 Å². The number of carbonyl (C=O) groups is 1. The lowest BCUT2D eigenvalue weighted by atomic mass is 10.2. The van der Waals surface area contributed by atoms with Crippen LogP contribution in [0.5, 0.6) is 0 Å². The van der Waals surface area contributed by atoms with Crippen LogP contribution in [0.2, 0.25) is 0 Å². The van der Waals surface area contributed by atoms with Crippen molar-refractivity contribution in [2.24, 2.45) is 0 Å². The molecule has 1 amide bonds. The average Bonchev–Trinajstić information content (AvgIpc) is 3.21. The van der Waals surface area contributed by atoms with Gasteiger partial charge in [-0.05, 0) is 48.5 Å². The van der Waals surface area contributed by atoms with Crippen LogP contribution in [0.15, 0.2) is 84.0 Å². The Labute approximate surface area is 152 Å². The number of hydrogen-bond donors (Lipinski definition) is 2. The number of hydrogen-bond acceptors (Lipinski definition) is 3. The van der Waals surface area contributed by atoms with Crippen LogP contribution in [0, 0.1) is 0 Å². The number of nitrogens with zero attached hydrogens (tertiary/aromatic N) is 1. The van der Waals surface area contributed by atoms with Crippen LogP contribution in [-0.2, 0) is 10.0 Å². The Balaban J connectivity index is 1.50. The van der Waals surface area contributed by atoms with Gasteiger partial charge in [0.15, 0.2) is 0 Å². The zero-order valence-electron chi connectivity index (χ0n) is 14.0. The van der Waals surface area contributed by atoms with E-state index < -0.39 is 10.0 Å². The molecule has 0 radical (unpaired) electrons. The van der Waals surface area contributed by atoms with Gasteiger partial charge in [0.25, 0.3) is 5.91 Å². The van der Waals surface area contributed by atoms with Gasteiger partial charge in [0.05, 0.1) is 4.90 Å². The fourth-order valence-electron chi connectivity index (χ4n) is 2.44. The van der Waals surface area contributed by atoms with Crippen molar-refractivity contribution in [3.63, 3.8) is 0 Å². The highest BCUT2D eigenvalue weighted by Crippen LogP contribution is 2.10. The summed E-state index contributed by atoms with van der Waals surface area (Å²) in [4.78, 5) is 12.3. The largest absolute Gasteiger partial charge is 0.351 e. The molecule has 26 heavy (non-hydrogen) atoms. The quantitative estimate of drug-likeness (QED) is 0.627. The molecule has 0 aliphatic carbocycles. The molecule has 0 fully saturated rings. The van der Waals surface area contributed by atoms with Gasteiger partial charge in [-0.3, -0.25) is 4.79 Å². The summed E-state index contributed by atoms with van der Waals surface area (Å²) in [6.07, 6.45) is 3.85. The van der Waals surface area contributed by atoms with Gasteiger partial charge < -0.3 is 9.88 Å². The molecule has 3 aromatic rings. The van der Waals surface area contributed by atoms with E-state index in [1.165, 1.54) is 12.1 Å². The Kier molecular flexibility index (Phi) is 5.50. The minimum atomic E-state index is -3.56. The second-order valence-electron chi connectivity index (χ2n) is 5.60. The lowest BCUT2D eigenvalue weighted by Crippen LogP contribution is -2.34. The molecule has 3 rings (SSSR count). The number of carbonyl (C=O) groups excluding carboxylic acids is 1. The highest BCUT2D eigenvalue weighted by atomic mass is 32.2. The minimum Gasteiger partial charge on any atom is -0.351 e. The fraction of sp³-hybridized carbons (Fsp3) is 0.105. The van der Waals surface area contributed by atoms with Crippen molar-refractivity contribution in [1.82, 2.24) is 14.6 Å². The van der Waals surface area contributed by atoms with Gasteiger partial charge in [-0.2, -0.15) is 0 Å². The van der Waals surface area contributed by atoms with E-state index in [0.717, 1.165) is 5.69 Å². The maximum atomic E-state index is 12.1. The standard InChI is InChI=1S/C19H19N3O3S/c23-19(16-8-10-17(11-9-16)22-14-4-5-15-22)20-12-13-21-26(24,25)18-6-2-1-3-7-18/h1-11,14-15,21H,12-13H2,(H,20,23). The SMILES string of the molecule is O=C(NCCNS(=O)(=O)c1ccccc1)c1ccc(-n2cccc2)cc1. The summed E-state index contributed by atoms with van der Waals surface area (Å²) in [5.41, 5.74) is 1.48. The summed E-state index contributed by atoms with van der Waals surface area (Å²) >= 11 is 0. The Hall–Kier alpha value is -2.90. The van der Waals surface area contributed by atoms with Gasteiger partial charge in [0.1, 0.15) is 0 Å². The first-order valence-electron chi connectivity index (χ1n) is 8.12. The first-order valence-corrected chi connectivity index (χ1v) is 9.61. The minimum absolute atomic E-state index is 0.115. The van der Waals surface area contributed by atoms with E-state index in [1.54, 1.807) is 30.3 Å². The zero-order valence-corrected chi connectivity index (χ0v) is 14.8. The average molecular weight is 369 g/mol. The molecular weight excluding hydrogens is 350 g/mol. The van der Waals surface area contributed by atoms with E-state index in [1.807, 2.05) is 41.2 Å². The zero-order chi connectivity index (χ0) is 18.4. The topological polar surface area (TPSA) is 80.2 Å². The van der Waals surface area contributed by atoms with E-state index in [4.69, 9.17) is 0 Å². The lowest BCUT2D eigenvalue weighted by Gasteiger charge is -2.09. The molecule has 0 unspecified atom stereocenters. The van der Waals surface area contributed by atoms with Crippen LogP contribution in [0.25, 0.3) is 5.69 Å². The Morgan fingerprint density at radius 1 is 0.846 bits per heavy atom. The highest BCUT2D eigenvalue weighted by molar-refractivity contribution is 7.89. The maximum absolute atomic E-state index is 12.1. The summed E-state index contributed by atoms with van der Waals surface area (Å²) in [7, 11) is -3.56. The second kappa shape index (κ2) is 7.99. The molecule has 2 N–H and O–H groups in total. The first-order chi connectivity index (χ1) is 12.6. The Bertz CT molecular complexity index is 951. The number of sulfonamides is 1. The van der Waals surface area contributed by atoms with Crippen molar-refractivity contribution >= 4 is 15.9 Å². The number of aromatic nitrogens is 1. The smallest absolute Gasteiger partial charge is 0.251 e. The molecular formula is C19H19N3O3S. The number of nitrogens with one attached hydrogen (secondary N) is 2. The van der Waals surface area contributed by atoms with Crippen LogP contribution in [-0.4, -0.2) is 32.0 Å². The molecule has 0 saturated heterocycles. The molecule has 0 bridgehead atoms. The number of rotatable bonds is 7. The third kappa shape index (κ3) is 4.38. The van der Waals surface area contributed by atoms with E-state index in [-0.39, 0.29) is 23.9 Å². The maximum Gasteiger partial charge on any atom is 0.251 e. The van der Waals surface area contributed by atoms with Gasteiger partial charge in [-0.15, -0.1) is 0 Å². The number of benzene rings is 2. The van der Waals surface area contributed by atoms with Gasteiger partial charge in [-0.1, -0.05) is 18.2 Å². The molecule has 0 aliphatic heterocycles. The molecule has 134 valence electrons. The van der Waals surface area contributed by atoms with Gasteiger partial charge in [0.2, 0.25) is 10.0 Å². The van der Waals surface area contributed by atoms with Crippen molar-refractivity contribution in [1.29, 1.82) is 0 Å². The molecule has 1 aromatic heterocycles. The van der Waals surface area contributed by atoms with Crippen LogP contribution < -0.4 is 10.0 Å². The number of amides is 1. The molecule has 0 saturated carbocycles. The third-order valence-corrected chi connectivity index (χ3v) is 5.27. The summed E-state index contributed by atoms with van der Waals surface area (Å²) in [5.74, 6) is -0.247. The van der Waals surface area contributed by atoms with Gasteiger partial charge in [-0.25, -0.2) is 13.1 Å². The summed E-state index contributed by atoms with van der Waals surface area (Å²) < 4.78 is 28.5. The normalized spacial score (nSPS) is 11.2. The monoisotopic (exact) mass is 369 g/mol. The van der Waals surface area contributed by atoms with E-state index in [0.29, 0.717) is 5.56 Å². The highest BCUT2D eigenvalue weighted by Gasteiger charge is 2.12. The predicted molar refractivity (Wildman–Crippen MR) is 99.7 cm³/mol. The second-order valence-corrected chi connectivity index (χ2v) is 7.37. The molecule has 2 aromatic carbocycles. The van der Waals surface area contributed by atoms with Crippen LogP contribution in [0.1, 0.15) is 10.4 Å². The first kappa shape index (κ1) is 17.9. The van der Waals surface area contributed by atoms with Crippen LogP contribution in [0.4, 0.5) is 0 Å². The molecule has 0 spiro atoms. The van der Waals surface area contributed by atoms with Crippen LogP contribution >= 0.6 is 0 Å².